The van der Waals surface area contributed by atoms with Crippen LogP contribution in [-0.2, 0) is 16.8 Å². The fourth-order valence-corrected chi connectivity index (χ4v) is 5.08. The number of halogens is 2. The van der Waals surface area contributed by atoms with Gasteiger partial charge in [0.15, 0.2) is 0 Å². The highest BCUT2D eigenvalue weighted by atomic mass is 35.5. The lowest BCUT2D eigenvalue weighted by molar-refractivity contribution is 0.392. The van der Waals surface area contributed by atoms with Gasteiger partial charge in [-0.2, -0.15) is 12.7 Å². The summed E-state index contributed by atoms with van der Waals surface area (Å²) in [5.74, 6) is 0. The lowest BCUT2D eigenvalue weighted by Gasteiger charge is -2.37. The molecule has 134 valence electrons. The largest absolute Gasteiger partial charge is 0.320 e. The first-order valence-electron chi connectivity index (χ1n) is 7.93. The summed E-state index contributed by atoms with van der Waals surface area (Å²) in [7, 11) is -1.89. The van der Waals surface area contributed by atoms with Crippen molar-refractivity contribution in [1.29, 1.82) is 0 Å². The molecule has 0 spiro atoms. The Morgan fingerprint density at radius 2 is 1.88 bits per heavy atom. The van der Waals surface area contributed by atoms with Crippen LogP contribution < -0.4 is 9.62 Å². The number of nitrogens with one attached hydrogen (secondary N) is 1. The fraction of sp³-hybridized carbons (Fsp3) is 0.294. The third-order valence-corrected chi connectivity index (χ3v) is 6.44. The second kappa shape index (κ2) is 7.51. The van der Waals surface area contributed by atoms with Crippen molar-refractivity contribution in [3.05, 3.63) is 58.1 Å². The van der Waals surface area contributed by atoms with Crippen LogP contribution >= 0.6 is 23.2 Å². The number of fused-ring (bicyclic) bond motifs is 1. The minimum absolute atomic E-state index is 0.295. The van der Waals surface area contributed by atoms with Gasteiger partial charge in [0.1, 0.15) is 0 Å². The van der Waals surface area contributed by atoms with E-state index >= 15 is 0 Å². The summed E-state index contributed by atoms with van der Waals surface area (Å²) in [5, 5.41) is 3.99. The van der Waals surface area contributed by atoms with Crippen LogP contribution in [-0.4, -0.2) is 32.9 Å². The Morgan fingerprint density at radius 1 is 1.12 bits per heavy atom. The van der Waals surface area contributed by atoms with E-state index in [-0.39, 0.29) is 0 Å². The maximum atomic E-state index is 13.2. The van der Waals surface area contributed by atoms with Gasteiger partial charge in [-0.3, -0.25) is 0 Å². The van der Waals surface area contributed by atoms with E-state index in [4.69, 9.17) is 23.2 Å². The molecule has 0 fully saturated rings. The second-order valence-corrected chi connectivity index (χ2v) is 8.41. The van der Waals surface area contributed by atoms with Crippen molar-refractivity contribution in [3.8, 4) is 0 Å². The van der Waals surface area contributed by atoms with Crippen molar-refractivity contribution in [1.82, 2.24) is 9.62 Å². The van der Waals surface area contributed by atoms with E-state index in [1.165, 1.54) is 8.61 Å². The molecule has 0 unspecified atom stereocenters. The van der Waals surface area contributed by atoms with Crippen molar-refractivity contribution < 1.29 is 8.42 Å². The summed E-state index contributed by atoms with van der Waals surface area (Å²) in [6, 6.07) is 12.2. The van der Waals surface area contributed by atoms with Crippen molar-refractivity contribution >= 4 is 44.8 Å². The highest BCUT2D eigenvalue weighted by Crippen LogP contribution is 2.41. The van der Waals surface area contributed by atoms with Crippen LogP contribution in [0.4, 0.5) is 11.4 Å². The molecule has 2 aromatic rings. The minimum atomic E-state index is -3.74. The molecule has 1 aliphatic heterocycles. The summed E-state index contributed by atoms with van der Waals surface area (Å²) in [6.07, 6.45) is 0.710. The van der Waals surface area contributed by atoms with E-state index in [9.17, 15) is 8.42 Å². The number of rotatable bonds is 5. The molecule has 0 amide bonds. The zero-order valence-electron chi connectivity index (χ0n) is 13.7. The third kappa shape index (κ3) is 3.64. The van der Waals surface area contributed by atoms with E-state index in [1.54, 1.807) is 42.5 Å². The molecule has 0 saturated heterocycles. The zero-order valence-corrected chi connectivity index (χ0v) is 16.1. The number of para-hydroxylation sites is 1. The molecule has 8 heteroatoms. The normalized spacial score (nSPS) is 16.7. The highest BCUT2D eigenvalue weighted by Gasteiger charge is 2.38. The Labute approximate surface area is 158 Å². The van der Waals surface area contributed by atoms with Crippen LogP contribution in [0.5, 0.6) is 0 Å². The number of anilines is 2. The topological polar surface area (TPSA) is 52.6 Å². The molecule has 0 radical (unpaired) electrons. The predicted molar refractivity (Wildman–Crippen MR) is 103 cm³/mol. The summed E-state index contributed by atoms with van der Waals surface area (Å²) in [5.41, 5.74) is 1.88. The molecule has 0 atom stereocenters. The average molecular weight is 400 g/mol. The number of hydrogen-bond donors (Lipinski definition) is 1. The smallest absolute Gasteiger partial charge is 0.308 e. The zero-order chi connectivity index (χ0) is 18.0. The molecule has 5 nitrogen and oxygen atoms in total. The van der Waals surface area contributed by atoms with Crippen LogP contribution in [0.15, 0.2) is 42.5 Å². The van der Waals surface area contributed by atoms with E-state index in [2.05, 4.69) is 5.32 Å². The van der Waals surface area contributed by atoms with Gasteiger partial charge in [-0.25, -0.2) is 4.31 Å². The molecule has 0 aliphatic carbocycles. The quantitative estimate of drug-likeness (QED) is 0.777. The number of benzene rings is 2. The first-order chi connectivity index (χ1) is 11.9. The molecule has 0 bridgehead atoms. The number of hydrogen-bond acceptors (Lipinski definition) is 3. The first-order valence-corrected chi connectivity index (χ1v) is 10.1. The summed E-state index contributed by atoms with van der Waals surface area (Å²) < 4.78 is 29.3. The minimum Gasteiger partial charge on any atom is -0.320 e. The molecule has 0 saturated carbocycles. The predicted octanol–water partition coefficient (Wildman–Crippen LogP) is 3.80. The molecule has 1 aliphatic rings. The van der Waals surface area contributed by atoms with E-state index in [1.807, 2.05) is 7.05 Å². The van der Waals surface area contributed by atoms with Crippen molar-refractivity contribution in [2.24, 2.45) is 0 Å². The molecule has 1 heterocycles. The van der Waals surface area contributed by atoms with E-state index in [0.29, 0.717) is 40.9 Å². The van der Waals surface area contributed by atoms with E-state index in [0.717, 1.165) is 12.1 Å². The maximum Gasteiger partial charge on any atom is 0.308 e. The third-order valence-electron chi connectivity index (χ3n) is 4.07. The van der Waals surface area contributed by atoms with Gasteiger partial charge in [0, 0.05) is 18.1 Å². The maximum absolute atomic E-state index is 13.2. The van der Waals surface area contributed by atoms with Gasteiger partial charge in [-0.15, -0.1) is 0 Å². The van der Waals surface area contributed by atoms with Crippen molar-refractivity contribution in [2.45, 2.75) is 13.0 Å². The van der Waals surface area contributed by atoms with Crippen LogP contribution in [0.3, 0.4) is 0 Å². The lowest BCUT2D eigenvalue weighted by Crippen LogP contribution is -2.46. The van der Waals surface area contributed by atoms with Gasteiger partial charge in [0.25, 0.3) is 0 Å². The number of nitrogens with zero attached hydrogens (tertiary/aromatic N) is 2. The Kier molecular flexibility index (Phi) is 5.55. The van der Waals surface area contributed by atoms with Crippen LogP contribution in [0, 0.1) is 0 Å². The molecule has 3 rings (SSSR count). The van der Waals surface area contributed by atoms with Crippen LogP contribution in [0.2, 0.25) is 10.0 Å². The Hall–Kier alpha value is -1.31. The molecule has 0 aromatic heterocycles. The standard InChI is InChI=1S/C17H19Cl2N3O2S/c1-20-9-4-10-21-12-13-11-14(18)7-8-16(13)22(25(21,23)24)17-6-3-2-5-15(17)19/h2-3,5-8,11,20H,4,9-10,12H2,1H3. The molecular weight excluding hydrogens is 381 g/mol. The van der Waals surface area contributed by atoms with Gasteiger partial charge in [0.05, 0.1) is 16.4 Å². The monoisotopic (exact) mass is 399 g/mol. The van der Waals surface area contributed by atoms with Crippen molar-refractivity contribution in [3.63, 3.8) is 0 Å². The van der Waals surface area contributed by atoms with Gasteiger partial charge in [-0.1, -0.05) is 35.3 Å². The van der Waals surface area contributed by atoms with Crippen LogP contribution in [0.25, 0.3) is 0 Å². The molecule has 1 N–H and O–H groups in total. The summed E-state index contributed by atoms with van der Waals surface area (Å²) in [4.78, 5) is 0. The summed E-state index contributed by atoms with van der Waals surface area (Å²) in [6.45, 7) is 1.44. The molecule has 25 heavy (non-hydrogen) atoms. The SMILES string of the molecule is CNCCCN1Cc2cc(Cl)ccc2N(c2ccccc2Cl)S1(=O)=O. The Bertz CT molecular complexity index is 874. The van der Waals surface area contributed by atoms with Gasteiger partial charge in [0.2, 0.25) is 0 Å². The Balaban J connectivity index is 2.12. The lowest BCUT2D eigenvalue weighted by atomic mass is 10.1. The van der Waals surface area contributed by atoms with Gasteiger partial charge >= 0.3 is 10.2 Å². The average Bonchev–Trinajstić information content (AvgIpc) is 2.57. The summed E-state index contributed by atoms with van der Waals surface area (Å²) >= 11 is 12.4. The fourth-order valence-electron chi connectivity index (χ4n) is 2.89. The van der Waals surface area contributed by atoms with Gasteiger partial charge < -0.3 is 5.32 Å². The Morgan fingerprint density at radius 3 is 2.60 bits per heavy atom. The highest BCUT2D eigenvalue weighted by molar-refractivity contribution is 7.91. The first kappa shape index (κ1) is 18.5. The molecule has 2 aromatic carbocycles. The molecular formula is C17H19Cl2N3O2S. The van der Waals surface area contributed by atoms with E-state index < -0.39 is 10.2 Å². The van der Waals surface area contributed by atoms with Crippen LogP contribution in [0.1, 0.15) is 12.0 Å². The second-order valence-electron chi connectivity index (χ2n) is 5.79. The van der Waals surface area contributed by atoms with Gasteiger partial charge in [-0.05, 0) is 55.9 Å². The van der Waals surface area contributed by atoms with Crippen molar-refractivity contribution in [2.75, 3.05) is 24.4 Å².